The number of hydrogen-bond acceptors (Lipinski definition) is 2. The van der Waals surface area contributed by atoms with E-state index in [2.05, 4.69) is 24.0 Å². The van der Waals surface area contributed by atoms with Gasteiger partial charge in [0.05, 0.1) is 12.0 Å². The van der Waals surface area contributed by atoms with Crippen LogP contribution in [0.3, 0.4) is 0 Å². The summed E-state index contributed by atoms with van der Waals surface area (Å²) in [4.78, 5) is 2.26. The molecule has 0 aromatic heterocycles. The molecule has 0 bridgehead atoms. The summed E-state index contributed by atoms with van der Waals surface area (Å²) in [5.41, 5.74) is 2.22. The predicted molar refractivity (Wildman–Crippen MR) is 66.7 cm³/mol. The summed E-state index contributed by atoms with van der Waals surface area (Å²) in [5.74, 6) is 0.139. The third kappa shape index (κ3) is 1.88. The van der Waals surface area contributed by atoms with Crippen LogP contribution in [0.5, 0.6) is 0 Å². The molecule has 0 saturated carbocycles. The molecule has 2 unspecified atom stereocenters. The van der Waals surface area contributed by atoms with Crippen molar-refractivity contribution in [2.24, 2.45) is 5.92 Å². The molecule has 0 spiro atoms. The fourth-order valence-corrected chi connectivity index (χ4v) is 2.41. The van der Waals surface area contributed by atoms with Crippen molar-refractivity contribution in [2.75, 3.05) is 11.4 Å². The molecule has 84 valence electrons. The topological polar surface area (TPSA) is 27.0 Å². The molecule has 1 aromatic carbocycles. The van der Waals surface area contributed by atoms with Gasteiger partial charge in [0.25, 0.3) is 0 Å². The first kappa shape index (κ1) is 11.3. The summed E-state index contributed by atoms with van der Waals surface area (Å²) >= 11 is 6.12. The van der Waals surface area contributed by atoms with Gasteiger partial charge in [-0.25, -0.2) is 0 Å². The molecular weight excluding hydrogens is 220 g/mol. The number of nitriles is 1. The molecule has 1 aliphatic rings. The largest absolute Gasteiger partial charge is 0.367 e. The molecule has 1 aromatic rings. The van der Waals surface area contributed by atoms with Crippen LogP contribution in [0.25, 0.3) is 0 Å². The summed E-state index contributed by atoms with van der Waals surface area (Å²) in [5, 5.41) is 9.79. The van der Waals surface area contributed by atoms with Gasteiger partial charge in [-0.3, -0.25) is 0 Å². The molecule has 0 amide bonds. The Bertz CT molecular complexity index is 436. The van der Waals surface area contributed by atoms with Crippen molar-refractivity contribution in [3.05, 3.63) is 28.8 Å². The van der Waals surface area contributed by atoms with Crippen molar-refractivity contribution in [3.63, 3.8) is 0 Å². The number of benzene rings is 1. The molecule has 0 aliphatic carbocycles. The average molecular weight is 235 g/mol. The second-order valence-electron chi connectivity index (χ2n) is 4.39. The van der Waals surface area contributed by atoms with E-state index in [4.69, 9.17) is 16.9 Å². The van der Waals surface area contributed by atoms with Crippen LogP contribution >= 0.6 is 11.6 Å². The zero-order chi connectivity index (χ0) is 11.7. The van der Waals surface area contributed by atoms with E-state index >= 15 is 0 Å². The molecule has 16 heavy (non-hydrogen) atoms. The highest BCUT2D eigenvalue weighted by Gasteiger charge is 2.30. The van der Waals surface area contributed by atoms with E-state index in [1.807, 2.05) is 19.1 Å². The van der Waals surface area contributed by atoms with Gasteiger partial charge >= 0.3 is 0 Å². The Hall–Kier alpha value is -1.20. The first-order valence-corrected chi connectivity index (χ1v) is 5.93. The number of anilines is 1. The SMILES string of the molecule is Cc1ccc(N2CCC(C#N)C2C)cc1Cl. The Morgan fingerprint density at radius 3 is 2.81 bits per heavy atom. The van der Waals surface area contributed by atoms with E-state index in [1.165, 1.54) is 0 Å². The van der Waals surface area contributed by atoms with Gasteiger partial charge in [0, 0.05) is 23.3 Å². The van der Waals surface area contributed by atoms with Gasteiger partial charge in [-0.05, 0) is 38.0 Å². The zero-order valence-electron chi connectivity index (χ0n) is 9.57. The quantitative estimate of drug-likeness (QED) is 0.745. The lowest BCUT2D eigenvalue weighted by Gasteiger charge is -2.25. The Morgan fingerprint density at radius 1 is 1.50 bits per heavy atom. The van der Waals surface area contributed by atoms with Crippen LogP contribution in [0.2, 0.25) is 5.02 Å². The number of rotatable bonds is 1. The second kappa shape index (κ2) is 4.35. The van der Waals surface area contributed by atoms with Crippen molar-refractivity contribution in [2.45, 2.75) is 26.3 Å². The van der Waals surface area contributed by atoms with Crippen molar-refractivity contribution in [3.8, 4) is 6.07 Å². The predicted octanol–water partition coefficient (Wildman–Crippen LogP) is 3.39. The first-order valence-electron chi connectivity index (χ1n) is 5.56. The molecule has 2 nitrogen and oxygen atoms in total. The van der Waals surface area contributed by atoms with Gasteiger partial charge in [-0.1, -0.05) is 17.7 Å². The molecule has 0 radical (unpaired) electrons. The van der Waals surface area contributed by atoms with Crippen molar-refractivity contribution in [1.82, 2.24) is 0 Å². The summed E-state index contributed by atoms with van der Waals surface area (Å²) in [6.45, 7) is 5.05. The third-order valence-corrected chi connectivity index (χ3v) is 3.82. The normalized spacial score (nSPS) is 24.5. The summed E-state index contributed by atoms with van der Waals surface area (Å²) in [7, 11) is 0. The van der Waals surface area contributed by atoms with Crippen LogP contribution in [0, 0.1) is 24.2 Å². The number of hydrogen-bond donors (Lipinski definition) is 0. The van der Waals surface area contributed by atoms with Gasteiger partial charge in [0.2, 0.25) is 0 Å². The molecule has 1 saturated heterocycles. The minimum absolute atomic E-state index is 0.139. The maximum atomic E-state index is 9.00. The maximum absolute atomic E-state index is 9.00. The van der Waals surface area contributed by atoms with Gasteiger partial charge in [-0.15, -0.1) is 0 Å². The van der Waals surface area contributed by atoms with Gasteiger partial charge in [0.1, 0.15) is 0 Å². The van der Waals surface area contributed by atoms with Crippen molar-refractivity contribution < 1.29 is 0 Å². The molecule has 2 rings (SSSR count). The smallest absolute Gasteiger partial charge is 0.0681 e. The van der Waals surface area contributed by atoms with E-state index in [1.54, 1.807) is 0 Å². The molecule has 1 heterocycles. The maximum Gasteiger partial charge on any atom is 0.0681 e. The summed E-state index contributed by atoms with van der Waals surface area (Å²) < 4.78 is 0. The molecule has 1 fully saturated rings. The van der Waals surface area contributed by atoms with E-state index in [9.17, 15) is 0 Å². The monoisotopic (exact) mass is 234 g/mol. The summed E-state index contributed by atoms with van der Waals surface area (Å²) in [6, 6.07) is 8.75. The Kier molecular flexibility index (Phi) is 3.07. The van der Waals surface area contributed by atoms with Crippen LogP contribution in [-0.2, 0) is 0 Å². The van der Waals surface area contributed by atoms with Crippen LogP contribution in [0.1, 0.15) is 18.9 Å². The van der Waals surface area contributed by atoms with E-state index in [0.717, 1.165) is 29.2 Å². The molecule has 1 aliphatic heterocycles. The fourth-order valence-electron chi connectivity index (χ4n) is 2.24. The highest BCUT2D eigenvalue weighted by Crippen LogP contribution is 2.31. The molecular formula is C13H15ClN2. The second-order valence-corrected chi connectivity index (χ2v) is 4.80. The molecule has 0 N–H and O–H groups in total. The van der Waals surface area contributed by atoms with Crippen molar-refractivity contribution in [1.29, 1.82) is 5.26 Å². The van der Waals surface area contributed by atoms with E-state index in [-0.39, 0.29) is 12.0 Å². The third-order valence-electron chi connectivity index (χ3n) is 3.41. The average Bonchev–Trinajstić information content (AvgIpc) is 2.64. The Balaban J connectivity index is 2.26. The molecule has 3 heteroatoms. The Labute approximate surface area is 101 Å². The number of aryl methyl sites for hydroxylation is 1. The lowest BCUT2D eigenvalue weighted by atomic mass is 10.0. The standard InChI is InChI=1S/C13H15ClN2/c1-9-3-4-12(7-13(9)14)16-6-5-11(8-15)10(16)2/h3-4,7,10-11H,5-6H2,1-2H3. The zero-order valence-corrected chi connectivity index (χ0v) is 10.3. The highest BCUT2D eigenvalue weighted by molar-refractivity contribution is 6.31. The van der Waals surface area contributed by atoms with Crippen LogP contribution in [-0.4, -0.2) is 12.6 Å². The van der Waals surface area contributed by atoms with Crippen LogP contribution < -0.4 is 4.90 Å². The van der Waals surface area contributed by atoms with E-state index < -0.39 is 0 Å². The van der Waals surface area contributed by atoms with Crippen LogP contribution in [0.15, 0.2) is 18.2 Å². The number of halogens is 1. The Morgan fingerprint density at radius 2 is 2.25 bits per heavy atom. The number of nitrogens with zero attached hydrogens (tertiary/aromatic N) is 2. The summed E-state index contributed by atoms with van der Waals surface area (Å²) in [6.07, 6.45) is 0.948. The highest BCUT2D eigenvalue weighted by atomic mass is 35.5. The van der Waals surface area contributed by atoms with Crippen LogP contribution in [0.4, 0.5) is 5.69 Å². The van der Waals surface area contributed by atoms with E-state index in [0.29, 0.717) is 0 Å². The van der Waals surface area contributed by atoms with Gasteiger partial charge < -0.3 is 4.90 Å². The van der Waals surface area contributed by atoms with Gasteiger partial charge in [-0.2, -0.15) is 5.26 Å². The fraction of sp³-hybridized carbons (Fsp3) is 0.462. The minimum Gasteiger partial charge on any atom is -0.367 e. The first-order chi connectivity index (χ1) is 7.63. The minimum atomic E-state index is 0.139. The molecule has 2 atom stereocenters. The van der Waals surface area contributed by atoms with Crippen molar-refractivity contribution >= 4 is 17.3 Å². The lowest BCUT2D eigenvalue weighted by Crippen LogP contribution is -2.29. The van der Waals surface area contributed by atoms with Gasteiger partial charge in [0.15, 0.2) is 0 Å². The lowest BCUT2D eigenvalue weighted by molar-refractivity contribution is 0.615.